The molecule has 0 radical (unpaired) electrons. The highest BCUT2D eigenvalue weighted by Gasteiger charge is 2.15. The van der Waals surface area contributed by atoms with E-state index in [2.05, 4.69) is 20.1 Å². The van der Waals surface area contributed by atoms with Crippen LogP contribution in [0.1, 0.15) is 6.42 Å². The summed E-state index contributed by atoms with van der Waals surface area (Å²) in [4.78, 5) is 23.2. The van der Waals surface area contributed by atoms with Gasteiger partial charge in [0.05, 0.1) is 31.7 Å². The zero-order valence-corrected chi connectivity index (χ0v) is 13.8. The normalized spacial score (nSPS) is 10.9. The number of ether oxygens (including phenoxy) is 3. The van der Waals surface area contributed by atoms with E-state index < -0.39 is 17.8 Å². The number of anilines is 2. The van der Waals surface area contributed by atoms with E-state index in [1.54, 1.807) is 7.11 Å². The van der Waals surface area contributed by atoms with Crippen LogP contribution in [0.25, 0.3) is 0 Å². The Balaban J connectivity index is 3.00. The maximum Gasteiger partial charge on any atom is 0.354 e. The molecule has 24 heavy (non-hydrogen) atoms. The second-order valence-corrected chi connectivity index (χ2v) is 4.66. The van der Waals surface area contributed by atoms with E-state index in [0.717, 1.165) is 12.5 Å². The van der Waals surface area contributed by atoms with Crippen LogP contribution in [0.5, 0.6) is 0 Å². The van der Waals surface area contributed by atoms with Crippen LogP contribution in [-0.2, 0) is 23.8 Å². The molecule has 2 N–H and O–H groups in total. The fourth-order valence-electron chi connectivity index (χ4n) is 1.79. The van der Waals surface area contributed by atoms with Crippen molar-refractivity contribution in [2.24, 2.45) is 0 Å². The van der Waals surface area contributed by atoms with Crippen LogP contribution in [0.3, 0.4) is 0 Å². The summed E-state index contributed by atoms with van der Waals surface area (Å²) in [6.45, 7) is 1.16. The van der Waals surface area contributed by atoms with E-state index in [-0.39, 0.29) is 11.4 Å². The van der Waals surface area contributed by atoms with Crippen LogP contribution in [0.4, 0.5) is 15.8 Å². The molecular weight excluding hydrogens is 319 g/mol. The molecule has 1 aromatic carbocycles. The van der Waals surface area contributed by atoms with Gasteiger partial charge in [-0.15, -0.1) is 0 Å². The number of methoxy groups -OCH3 is 3. The molecular formula is C16H21FN2O5. The maximum absolute atomic E-state index is 13.5. The van der Waals surface area contributed by atoms with Crippen molar-refractivity contribution in [3.63, 3.8) is 0 Å². The summed E-state index contributed by atoms with van der Waals surface area (Å²) in [7, 11) is 3.95. The highest BCUT2D eigenvalue weighted by molar-refractivity contribution is 5.99. The largest absolute Gasteiger partial charge is 0.466 e. The lowest BCUT2D eigenvalue weighted by molar-refractivity contribution is -0.138. The van der Waals surface area contributed by atoms with Gasteiger partial charge in [0, 0.05) is 20.3 Å². The average Bonchev–Trinajstić information content (AvgIpc) is 2.58. The quantitative estimate of drug-likeness (QED) is 0.403. The molecule has 0 spiro atoms. The Morgan fingerprint density at radius 3 is 2.54 bits per heavy atom. The number of carbonyl (C=O) groups is 2. The van der Waals surface area contributed by atoms with Gasteiger partial charge in [0.2, 0.25) is 0 Å². The summed E-state index contributed by atoms with van der Waals surface area (Å²) < 4.78 is 27.6. The molecule has 132 valence electrons. The molecule has 0 heterocycles. The van der Waals surface area contributed by atoms with Gasteiger partial charge >= 0.3 is 11.9 Å². The third kappa shape index (κ3) is 6.25. The Morgan fingerprint density at radius 2 is 1.92 bits per heavy atom. The van der Waals surface area contributed by atoms with E-state index in [1.807, 2.05) is 0 Å². The Morgan fingerprint density at radius 1 is 1.17 bits per heavy atom. The number of carbonyl (C=O) groups excluding carboxylic acids is 2. The van der Waals surface area contributed by atoms with Crippen LogP contribution >= 0.6 is 0 Å². The topological polar surface area (TPSA) is 85.9 Å². The predicted molar refractivity (Wildman–Crippen MR) is 87.1 cm³/mol. The standard InChI is InChI=1S/C16H21FN2O5/c1-22-8-4-7-18-12-6-5-11(17)9-13(12)19-14(16(21)24-3)10-15(20)23-2/h5-6,9-10,18-19H,4,7-8H2,1-3H3/b14-10+. The first-order chi connectivity index (χ1) is 11.5. The Hall–Kier alpha value is -2.61. The van der Waals surface area contributed by atoms with Crippen LogP contribution in [-0.4, -0.2) is 46.4 Å². The molecule has 0 saturated heterocycles. The van der Waals surface area contributed by atoms with Gasteiger partial charge in [0.25, 0.3) is 0 Å². The molecule has 0 bridgehead atoms. The predicted octanol–water partition coefficient (Wildman–Crippen LogP) is 1.92. The molecule has 0 saturated carbocycles. The van der Waals surface area contributed by atoms with E-state index in [0.29, 0.717) is 18.8 Å². The Kier molecular flexibility index (Phi) is 8.28. The van der Waals surface area contributed by atoms with Gasteiger partial charge in [0.1, 0.15) is 11.5 Å². The van der Waals surface area contributed by atoms with Crippen molar-refractivity contribution in [2.45, 2.75) is 6.42 Å². The van der Waals surface area contributed by atoms with Crippen LogP contribution in [0, 0.1) is 5.82 Å². The fourth-order valence-corrected chi connectivity index (χ4v) is 1.79. The van der Waals surface area contributed by atoms with Gasteiger partial charge in [-0.05, 0) is 24.6 Å². The van der Waals surface area contributed by atoms with E-state index in [4.69, 9.17) is 4.74 Å². The van der Waals surface area contributed by atoms with Crippen molar-refractivity contribution in [2.75, 3.05) is 45.1 Å². The van der Waals surface area contributed by atoms with Crippen LogP contribution in [0.2, 0.25) is 0 Å². The highest BCUT2D eigenvalue weighted by Crippen LogP contribution is 2.24. The van der Waals surface area contributed by atoms with Crippen LogP contribution in [0.15, 0.2) is 30.0 Å². The maximum atomic E-state index is 13.5. The minimum absolute atomic E-state index is 0.171. The molecule has 0 aliphatic carbocycles. The second-order valence-electron chi connectivity index (χ2n) is 4.66. The number of halogens is 1. The fraction of sp³-hybridized carbons (Fsp3) is 0.375. The number of hydrogen-bond donors (Lipinski definition) is 2. The summed E-state index contributed by atoms with van der Waals surface area (Å²) in [6.07, 6.45) is 1.68. The van der Waals surface area contributed by atoms with Crippen molar-refractivity contribution in [3.05, 3.63) is 35.8 Å². The Labute approximate surface area is 139 Å². The monoisotopic (exact) mass is 340 g/mol. The van der Waals surface area contributed by atoms with E-state index in [1.165, 1.54) is 32.4 Å². The van der Waals surface area contributed by atoms with Crippen molar-refractivity contribution >= 4 is 23.3 Å². The molecule has 0 unspecified atom stereocenters. The van der Waals surface area contributed by atoms with Crippen molar-refractivity contribution in [1.29, 1.82) is 0 Å². The molecule has 8 heteroatoms. The summed E-state index contributed by atoms with van der Waals surface area (Å²) in [5, 5.41) is 5.80. The lowest BCUT2D eigenvalue weighted by Crippen LogP contribution is -2.17. The third-order valence-electron chi connectivity index (χ3n) is 2.96. The smallest absolute Gasteiger partial charge is 0.354 e. The minimum Gasteiger partial charge on any atom is -0.466 e. The minimum atomic E-state index is -0.782. The molecule has 0 atom stereocenters. The number of nitrogens with one attached hydrogen (secondary N) is 2. The molecule has 0 aliphatic rings. The zero-order chi connectivity index (χ0) is 17.9. The number of benzene rings is 1. The van der Waals surface area contributed by atoms with Crippen molar-refractivity contribution < 1.29 is 28.2 Å². The first-order valence-corrected chi connectivity index (χ1v) is 7.19. The molecule has 1 rings (SSSR count). The van der Waals surface area contributed by atoms with Gasteiger partial charge in [-0.2, -0.15) is 0 Å². The molecule has 1 aromatic rings. The lowest BCUT2D eigenvalue weighted by Gasteiger charge is -2.15. The SMILES string of the molecule is COCCCNc1ccc(F)cc1N/C(=C/C(=O)OC)C(=O)OC. The van der Waals surface area contributed by atoms with Gasteiger partial charge in [-0.3, -0.25) is 0 Å². The third-order valence-corrected chi connectivity index (χ3v) is 2.96. The first kappa shape index (κ1) is 19.4. The summed E-state index contributed by atoms with van der Waals surface area (Å²) in [5.74, 6) is -2.02. The summed E-state index contributed by atoms with van der Waals surface area (Å²) >= 11 is 0. The molecule has 7 nitrogen and oxygen atoms in total. The molecule has 0 amide bonds. The highest BCUT2D eigenvalue weighted by atomic mass is 19.1. The number of rotatable bonds is 9. The first-order valence-electron chi connectivity index (χ1n) is 7.19. The van der Waals surface area contributed by atoms with Crippen molar-refractivity contribution in [1.82, 2.24) is 0 Å². The molecule has 0 aromatic heterocycles. The lowest BCUT2D eigenvalue weighted by atomic mass is 10.2. The Bertz CT molecular complexity index is 604. The summed E-state index contributed by atoms with van der Waals surface area (Å²) in [6, 6.07) is 4.01. The van der Waals surface area contributed by atoms with Gasteiger partial charge in [-0.25, -0.2) is 14.0 Å². The average molecular weight is 340 g/mol. The van der Waals surface area contributed by atoms with Gasteiger partial charge < -0.3 is 24.8 Å². The van der Waals surface area contributed by atoms with E-state index in [9.17, 15) is 14.0 Å². The van der Waals surface area contributed by atoms with E-state index >= 15 is 0 Å². The number of esters is 2. The van der Waals surface area contributed by atoms with Gasteiger partial charge in [0.15, 0.2) is 0 Å². The van der Waals surface area contributed by atoms with Crippen LogP contribution < -0.4 is 10.6 Å². The second kappa shape index (κ2) is 10.2. The molecule has 0 aliphatic heterocycles. The van der Waals surface area contributed by atoms with Gasteiger partial charge in [-0.1, -0.05) is 0 Å². The summed E-state index contributed by atoms with van der Waals surface area (Å²) in [5.41, 5.74) is 0.676. The number of hydrogen-bond acceptors (Lipinski definition) is 7. The molecule has 0 fully saturated rings. The zero-order valence-electron chi connectivity index (χ0n) is 13.8. The van der Waals surface area contributed by atoms with Crippen molar-refractivity contribution in [3.8, 4) is 0 Å².